The van der Waals surface area contributed by atoms with E-state index >= 15 is 0 Å². The van der Waals surface area contributed by atoms with Crippen LogP contribution in [-0.2, 0) is 13.1 Å². The molecular weight excluding hydrogens is 224 g/mol. The van der Waals surface area contributed by atoms with Crippen molar-refractivity contribution >= 4 is 17.4 Å². The topological polar surface area (TPSA) is 54.3 Å². The van der Waals surface area contributed by atoms with E-state index in [1.165, 1.54) is 0 Å². The van der Waals surface area contributed by atoms with Crippen molar-refractivity contribution in [3.05, 3.63) is 46.5 Å². The SMILES string of the molecule is O=C(NCc1ccco1)NCc1cccs1. The molecule has 16 heavy (non-hydrogen) atoms. The van der Waals surface area contributed by atoms with Gasteiger partial charge in [-0.1, -0.05) is 6.07 Å². The summed E-state index contributed by atoms with van der Waals surface area (Å²) in [5.74, 6) is 0.742. The summed E-state index contributed by atoms with van der Waals surface area (Å²) in [5, 5.41) is 7.46. The smallest absolute Gasteiger partial charge is 0.315 e. The molecule has 0 atom stereocenters. The Bertz CT molecular complexity index is 383. The van der Waals surface area contributed by atoms with Crippen LogP contribution in [0.1, 0.15) is 10.6 Å². The van der Waals surface area contributed by atoms with E-state index in [0.717, 1.165) is 10.6 Å². The summed E-state index contributed by atoms with van der Waals surface area (Å²) in [5.41, 5.74) is 0. The zero-order valence-corrected chi connectivity index (χ0v) is 9.42. The van der Waals surface area contributed by atoms with E-state index in [-0.39, 0.29) is 6.03 Å². The highest BCUT2D eigenvalue weighted by molar-refractivity contribution is 7.09. The van der Waals surface area contributed by atoms with Crippen LogP contribution in [0.25, 0.3) is 0 Å². The molecule has 2 aromatic rings. The fourth-order valence-electron chi connectivity index (χ4n) is 1.22. The normalized spacial score (nSPS) is 10.0. The minimum Gasteiger partial charge on any atom is -0.467 e. The molecule has 0 aliphatic carbocycles. The summed E-state index contributed by atoms with van der Waals surface area (Å²) >= 11 is 1.62. The second-order valence-corrected chi connectivity index (χ2v) is 4.23. The highest BCUT2D eigenvalue weighted by atomic mass is 32.1. The minimum absolute atomic E-state index is 0.190. The number of carbonyl (C=O) groups excluding carboxylic acids is 1. The molecule has 4 nitrogen and oxygen atoms in total. The van der Waals surface area contributed by atoms with Crippen molar-refractivity contribution in [2.24, 2.45) is 0 Å². The third-order valence-corrected chi connectivity index (χ3v) is 2.88. The van der Waals surface area contributed by atoms with Crippen molar-refractivity contribution in [3.63, 3.8) is 0 Å². The molecule has 2 aromatic heterocycles. The van der Waals surface area contributed by atoms with Crippen LogP contribution in [0.15, 0.2) is 40.3 Å². The van der Waals surface area contributed by atoms with Crippen LogP contribution in [0.5, 0.6) is 0 Å². The van der Waals surface area contributed by atoms with Crippen LogP contribution in [-0.4, -0.2) is 6.03 Å². The van der Waals surface area contributed by atoms with Crippen LogP contribution in [0.4, 0.5) is 4.79 Å². The number of rotatable bonds is 4. The monoisotopic (exact) mass is 236 g/mol. The van der Waals surface area contributed by atoms with Crippen molar-refractivity contribution in [1.29, 1.82) is 0 Å². The first kappa shape index (κ1) is 10.8. The summed E-state index contributed by atoms with van der Waals surface area (Å²) in [6.45, 7) is 0.963. The van der Waals surface area contributed by atoms with Crippen LogP contribution in [0, 0.1) is 0 Å². The van der Waals surface area contributed by atoms with Gasteiger partial charge in [0.25, 0.3) is 0 Å². The predicted octanol–water partition coefficient (Wildman–Crippen LogP) is 2.34. The lowest BCUT2D eigenvalue weighted by atomic mass is 10.4. The van der Waals surface area contributed by atoms with E-state index in [1.54, 1.807) is 23.7 Å². The third-order valence-electron chi connectivity index (χ3n) is 2.01. The molecule has 0 aliphatic heterocycles. The van der Waals surface area contributed by atoms with Crippen LogP contribution < -0.4 is 10.6 Å². The highest BCUT2D eigenvalue weighted by Crippen LogP contribution is 2.07. The Balaban J connectivity index is 1.69. The van der Waals surface area contributed by atoms with E-state index in [4.69, 9.17) is 4.42 Å². The van der Waals surface area contributed by atoms with Crippen molar-refractivity contribution in [1.82, 2.24) is 10.6 Å². The zero-order chi connectivity index (χ0) is 11.2. The van der Waals surface area contributed by atoms with E-state index in [0.29, 0.717) is 13.1 Å². The van der Waals surface area contributed by atoms with Gasteiger partial charge in [0, 0.05) is 4.88 Å². The summed E-state index contributed by atoms with van der Waals surface area (Å²) < 4.78 is 5.09. The lowest BCUT2D eigenvalue weighted by Gasteiger charge is -2.04. The average Bonchev–Trinajstić information content (AvgIpc) is 2.96. The number of carbonyl (C=O) groups is 1. The van der Waals surface area contributed by atoms with Crippen LogP contribution in [0.3, 0.4) is 0 Å². The zero-order valence-electron chi connectivity index (χ0n) is 8.60. The van der Waals surface area contributed by atoms with Gasteiger partial charge in [0.05, 0.1) is 19.4 Å². The van der Waals surface area contributed by atoms with Crippen molar-refractivity contribution < 1.29 is 9.21 Å². The summed E-state index contributed by atoms with van der Waals surface area (Å²) in [6, 6.07) is 7.37. The average molecular weight is 236 g/mol. The van der Waals surface area contributed by atoms with Crippen LogP contribution in [0.2, 0.25) is 0 Å². The van der Waals surface area contributed by atoms with E-state index in [2.05, 4.69) is 10.6 Å². The molecule has 0 fully saturated rings. The minimum atomic E-state index is -0.190. The first-order chi connectivity index (χ1) is 7.84. The molecule has 5 heteroatoms. The Kier molecular flexibility index (Phi) is 3.61. The maximum atomic E-state index is 11.4. The number of thiophene rings is 1. The Morgan fingerprint density at radius 3 is 2.81 bits per heavy atom. The number of furan rings is 1. The van der Waals surface area contributed by atoms with Gasteiger partial charge in [-0.15, -0.1) is 11.3 Å². The fraction of sp³-hybridized carbons (Fsp3) is 0.182. The lowest BCUT2D eigenvalue weighted by Crippen LogP contribution is -2.34. The quantitative estimate of drug-likeness (QED) is 0.856. The summed E-state index contributed by atoms with van der Waals surface area (Å²) in [7, 11) is 0. The van der Waals surface area contributed by atoms with Crippen LogP contribution >= 0.6 is 11.3 Å². The number of urea groups is 1. The fourth-order valence-corrected chi connectivity index (χ4v) is 1.87. The largest absolute Gasteiger partial charge is 0.467 e. The highest BCUT2D eigenvalue weighted by Gasteiger charge is 2.01. The third kappa shape index (κ3) is 3.13. The Hall–Kier alpha value is -1.75. The van der Waals surface area contributed by atoms with Gasteiger partial charge in [-0.2, -0.15) is 0 Å². The molecule has 0 bridgehead atoms. The molecule has 84 valence electrons. The maximum Gasteiger partial charge on any atom is 0.315 e. The summed E-state index contributed by atoms with van der Waals surface area (Å²) in [4.78, 5) is 12.5. The Morgan fingerprint density at radius 1 is 1.25 bits per heavy atom. The molecule has 0 spiro atoms. The molecule has 2 rings (SSSR count). The number of amides is 2. The molecule has 0 aromatic carbocycles. The van der Waals surface area contributed by atoms with Gasteiger partial charge in [0.2, 0.25) is 0 Å². The molecule has 0 saturated carbocycles. The van der Waals surface area contributed by atoms with E-state index < -0.39 is 0 Å². The first-order valence-corrected chi connectivity index (χ1v) is 5.79. The summed E-state index contributed by atoms with van der Waals surface area (Å²) in [6.07, 6.45) is 1.58. The van der Waals surface area contributed by atoms with Crippen molar-refractivity contribution in [3.8, 4) is 0 Å². The van der Waals surface area contributed by atoms with Crippen molar-refractivity contribution in [2.75, 3.05) is 0 Å². The molecular formula is C11H12N2O2S. The molecule has 2 amide bonds. The van der Waals surface area contributed by atoms with Gasteiger partial charge in [0.1, 0.15) is 5.76 Å². The van der Waals surface area contributed by atoms with E-state index in [1.807, 2.05) is 23.6 Å². The number of nitrogens with one attached hydrogen (secondary N) is 2. The van der Waals surface area contributed by atoms with E-state index in [9.17, 15) is 4.79 Å². The van der Waals surface area contributed by atoms with Gasteiger partial charge in [-0.05, 0) is 23.6 Å². The molecule has 0 radical (unpaired) electrons. The van der Waals surface area contributed by atoms with Gasteiger partial charge in [-0.25, -0.2) is 4.79 Å². The second kappa shape index (κ2) is 5.37. The Labute approximate surface area is 97.3 Å². The Morgan fingerprint density at radius 2 is 2.12 bits per heavy atom. The molecule has 0 aliphatic rings. The van der Waals surface area contributed by atoms with Crippen molar-refractivity contribution in [2.45, 2.75) is 13.1 Å². The predicted molar refractivity (Wildman–Crippen MR) is 62.1 cm³/mol. The van der Waals surface area contributed by atoms with Gasteiger partial charge < -0.3 is 15.1 Å². The molecule has 2 N–H and O–H groups in total. The molecule has 0 saturated heterocycles. The molecule has 0 unspecified atom stereocenters. The number of hydrogen-bond acceptors (Lipinski definition) is 3. The maximum absolute atomic E-state index is 11.4. The lowest BCUT2D eigenvalue weighted by molar-refractivity contribution is 0.239. The standard InChI is InChI=1S/C11H12N2O2S/c14-11(12-7-9-3-1-5-15-9)13-8-10-4-2-6-16-10/h1-6H,7-8H2,(H2,12,13,14). The molecule has 2 heterocycles. The first-order valence-electron chi connectivity index (χ1n) is 4.91. The second-order valence-electron chi connectivity index (χ2n) is 3.19. The number of hydrogen-bond donors (Lipinski definition) is 2. The van der Waals surface area contributed by atoms with Gasteiger partial charge in [0.15, 0.2) is 0 Å². The van der Waals surface area contributed by atoms with Gasteiger partial charge >= 0.3 is 6.03 Å². The van der Waals surface area contributed by atoms with Gasteiger partial charge in [-0.3, -0.25) is 0 Å².